The highest BCUT2D eigenvalue weighted by Crippen LogP contribution is 2.33. The van der Waals surface area contributed by atoms with Gasteiger partial charge in [-0.3, -0.25) is 10.1 Å². The molecule has 0 unspecified atom stereocenters. The molecular weight excluding hydrogens is 272 g/mol. The smallest absolute Gasteiger partial charge is 0.314 e. The number of hydrogen-bond donors (Lipinski definition) is 1. The molecule has 0 heterocycles. The lowest BCUT2D eigenvalue weighted by molar-refractivity contribution is -0.385. The molecular formula is C15H16N2O4. The SMILES string of the molecule is CNCc1cccc(Oc2ccc(OC)c([N+](=O)[O-])c2)c1. The minimum atomic E-state index is -0.497. The van der Waals surface area contributed by atoms with Crippen LogP contribution in [0, 0.1) is 10.1 Å². The second kappa shape index (κ2) is 6.71. The second-order valence-electron chi connectivity index (χ2n) is 4.37. The van der Waals surface area contributed by atoms with Crippen molar-refractivity contribution in [3.8, 4) is 17.2 Å². The van der Waals surface area contributed by atoms with E-state index in [1.807, 2.05) is 25.2 Å². The molecule has 0 atom stereocenters. The van der Waals surface area contributed by atoms with Crippen LogP contribution in [0.25, 0.3) is 0 Å². The average molecular weight is 288 g/mol. The Morgan fingerprint density at radius 2 is 1.95 bits per heavy atom. The minimum absolute atomic E-state index is 0.124. The third-order valence-electron chi connectivity index (χ3n) is 2.86. The summed E-state index contributed by atoms with van der Waals surface area (Å²) in [7, 11) is 3.25. The molecule has 0 aliphatic rings. The van der Waals surface area contributed by atoms with E-state index in [1.54, 1.807) is 12.1 Å². The predicted octanol–water partition coefficient (Wildman–Crippen LogP) is 3.12. The van der Waals surface area contributed by atoms with Crippen LogP contribution in [0.2, 0.25) is 0 Å². The lowest BCUT2D eigenvalue weighted by atomic mass is 10.2. The van der Waals surface area contributed by atoms with E-state index in [2.05, 4.69) is 5.32 Å². The maximum atomic E-state index is 11.0. The Morgan fingerprint density at radius 3 is 2.62 bits per heavy atom. The monoisotopic (exact) mass is 288 g/mol. The van der Waals surface area contributed by atoms with Crippen LogP contribution >= 0.6 is 0 Å². The maximum absolute atomic E-state index is 11.0. The third-order valence-corrected chi connectivity index (χ3v) is 2.86. The van der Waals surface area contributed by atoms with Crippen molar-refractivity contribution in [1.82, 2.24) is 5.32 Å². The van der Waals surface area contributed by atoms with Crippen molar-refractivity contribution >= 4 is 5.69 Å². The van der Waals surface area contributed by atoms with Crippen molar-refractivity contribution in [2.75, 3.05) is 14.2 Å². The van der Waals surface area contributed by atoms with Crippen LogP contribution in [0.4, 0.5) is 5.69 Å². The molecule has 0 fully saturated rings. The molecule has 0 saturated heterocycles. The van der Waals surface area contributed by atoms with Crippen molar-refractivity contribution in [2.24, 2.45) is 0 Å². The van der Waals surface area contributed by atoms with Crippen LogP contribution in [0.1, 0.15) is 5.56 Å². The Kier molecular flexibility index (Phi) is 4.73. The van der Waals surface area contributed by atoms with Crippen molar-refractivity contribution in [1.29, 1.82) is 0 Å². The first kappa shape index (κ1) is 14.8. The zero-order chi connectivity index (χ0) is 15.2. The summed E-state index contributed by atoms with van der Waals surface area (Å²) in [6, 6.07) is 12.0. The number of nitro benzene ring substituents is 1. The van der Waals surface area contributed by atoms with E-state index >= 15 is 0 Å². The molecule has 0 saturated carbocycles. The Morgan fingerprint density at radius 1 is 1.19 bits per heavy atom. The fourth-order valence-corrected chi connectivity index (χ4v) is 1.94. The van der Waals surface area contributed by atoms with Crippen molar-refractivity contribution in [3.63, 3.8) is 0 Å². The van der Waals surface area contributed by atoms with Gasteiger partial charge < -0.3 is 14.8 Å². The standard InChI is InChI=1S/C15H16N2O4/c1-16-10-11-4-3-5-12(8-11)21-13-6-7-15(20-2)14(9-13)17(18)19/h3-9,16H,10H2,1-2H3. The van der Waals surface area contributed by atoms with Crippen molar-refractivity contribution in [2.45, 2.75) is 6.54 Å². The van der Waals surface area contributed by atoms with Crippen LogP contribution < -0.4 is 14.8 Å². The number of nitrogens with one attached hydrogen (secondary N) is 1. The van der Waals surface area contributed by atoms with Crippen LogP contribution in [0.3, 0.4) is 0 Å². The molecule has 0 aromatic heterocycles. The number of nitro groups is 1. The molecule has 0 radical (unpaired) electrons. The Bertz CT molecular complexity index is 643. The molecule has 2 rings (SSSR count). The molecule has 6 nitrogen and oxygen atoms in total. The molecule has 0 bridgehead atoms. The minimum Gasteiger partial charge on any atom is -0.490 e. The van der Waals surface area contributed by atoms with Gasteiger partial charge in [-0.1, -0.05) is 12.1 Å². The number of methoxy groups -OCH3 is 1. The van der Waals surface area contributed by atoms with E-state index in [-0.39, 0.29) is 11.4 Å². The van der Waals surface area contributed by atoms with Crippen LogP contribution in [-0.4, -0.2) is 19.1 Å². The summed E-state index contributed by atoms with van der Waals surface area (Å²) in [5, 5.41) is 14.0. The third kappa shape index (κ3) is 3.70. The summed E-state index contributed by atoms with van der Waals surface area (Å²) in [6.07, 6.45) is 0. The summed E-state index contributed by atoms with van der Waals surface area (Å²) in [6.45, 7) is 0.722. The second-order valence-corrected chi connectivity index (χ2v) is 4.37. The summed E-state index contributed by atoms with van der Waals surface area (Å²) in [4.78, 5) is 10.5. The number of hydrogen-bond acceptors (Lipinski definition) is 5. The average Bonchev–Trinajstić information content (AvgIpc) is 2.48. The van der Waals surface area contributed by atoms with E-state index in [1.165, 1.54) is 19.2 Å². The molecule has 0 amide bonds. The van der Waals surface area contributed by atoms with Gasteiger partial charge in [-0.15, -0.1) is 0 Å². The lowest BCUT2D eigenvalue weighted by Crippen LogP contribution is -2.04. The quantitative estimate of drug-likeness (QED) is 0.653. The fraction of sp³-hybridized carbons (Fsp3) is 0.200. The van der Waals surface area contributed by atoms with E-state index in [9.17, 15) is 10.1 Å². The summed E-state index contributed by atoms with van der Waals surface area (Å²) in [5.41, 5.74) is 0.944. The Hall–Kier alpha value is -2.60. The summed E-state index contributed by atoms with van der Waals surface area (Å²) < 4.78 is 10.6. The molecule has 2 aromatic rings. The van der Waals surface area contributed by atoms with Crippen molar-refractivity contribution in [3.05, 3.63) is 58.1 Å². The summed E-state index contributed by atoms with van der Waals surface area (Å²) >= 11 is 0. The highest BCUT2D eigenvalue weighted by Gasteiger charge is 2.16. The lowest BCUT2D eigenvalue weighted by Gasteiger charge is -2.09. The van der Waals surface area contributed by atoms with E-state index in [4.69, 9.17) is 9.47 Å². The molecule has 0 aliphatic heterocycles. The van der Waals surface area contributed by atoms with E-state index in [0.717, 1.165) is 12.1 Å². The predicted molar refractivity (Wildman–Crippen MR) is 78.9 cm³/mol. The first-order valence-corrected chi connectivity index (χ1v) is 6.38. The molecule has 1 N–H and O–H groups in total. The highest BCUT2D eigenvalue weighted by molar-refractivity contribution is 5.51. The van der Waals surface area contributed by atoms with Gasteiger partial charge in [0.05, 0.1) is 18.1 Å². The largest absolute Gasteiger partial charge is 0.490 e. The van der Waals surface area contributed by atoms with Gasteiger partial charge in [0.1, 0.15) is 11.5 Å². The molecule has 0 aliphatic carbocycles. The van der Waals surface area contributed by atoms with Crippen LogP contribution in [-0.2, 0) is 6.54 Å². The van der Waals surface area contributed by atoms with Crippen molar-refractivity contribution < 1.29 is 14.4 Å². The number of ether oxygens (including phenoxy) is 2. The molecule has 6 heteroatoms. The van der Waals surface area contributed by atoms with Crippen LogP contribution in [0.5, 0.6) is 17.2 Å². The molecule has 21 heavy (non-hydrogen) atoms. The molecule has 0 spiro atoms. The molecule has 2 aromatic carbocycles. The number of rotatable bonds is 6. The first-order chi connectivity index (χ1) is 10.1. The van der Waals surface area contributed by atoms with Crippen LogP contribution in [0.15, 0.2) is 42.5 Å². The van der Waals surface area contributed by atoms with Gasteiger partial charge in [-0.25, -0.2) is 0 Å². The van der Waals surface area contributed by atoms with Gasteiger partial charge in [0.15, 0.2) is 5.75 Å². The van der Waals surface area contributed by atoms with E-state index in [0.29, 0.717) is 11.5 Å². The summed E-state index contributed by atoms with van der Waals surface area (Å²) in [5.74, 6) is 1.22. The number of nitrogens with zero attached hydrogens (tertiary/aromatic N) is 1. The van der Waals surface area contributed by atoms with Gasteiger partial charge in [-0.2, -0.15) is 0 Å². The van der Waals surface area contributed by atoms with Gasteiger partial charge in [-0.05, 0) is 36.9 Å². The zero-order valence-corrected chi connectivity index (χ0v) is 11.8. The van der Waals surface area contributed by atoms with Gasteiger partial charge >= 0.3 is 5.69 Å². The Balaban J connectivity index is 2.25. The Labute approximate surface area is 122 Å². The zero-order valence-electron chi connectivity index (χ0n) is 11.8. The van der Waals surface area contributed by atoms with Gasteiger partial charge in [0.2, 0.25) is 0 Å². The maximum Gasteiger partial charge on any atom is 0.314 e. The van der Waals surface area contributed by atoms with Gasteiger partial charge in [0.25, 0.3) is 0 Å². The molecule has 110 valence electrons. The topological polar surface area (TPSA) is 73.6 Å². The number of benzene rings is 2. The first-order valence-electron chi connectivity index (χ1n) is 6.38. The fourth-order valence-electron chi connectivity index (χ4n) is 1.94. The normalized spacial score (nSPS) is 10.2. The van der Waals surface area contributed by atoms with E-state index < -0.39 is 4.92 Å². The van der Waals surface area contributed by atoms with Gasteiger partial charge in [0, 0.05) is 6.54 Å². The highest BCUT2D eigenvalue weighted by atomic mass is 16.6.